The molecule has 4 rings (SSSR count). The number of carbonyl (C=O) groups excluding carboxylic acids is 2. The number of aliphatic imine (C=N–C) groups is 1. The Labute approximate surface area is 205 Å². The summed E-state index contributed by atoms with van der Waals surface area (Å²) in [6.07, 6.45) is 5.97. The third kappa shape index (κ3) is 5.56. The lowest BCUT2D eigenvalue weighted by Crippen LogP contribution is -2.41. The van der Waals surface area contributed by atoms with Crippen LogP contribution in [0.25, 0.3) is 17.0 Å². The van der Waals surface area contributed by atoms with Gasteiger partial charge in [-0.1, -0.05) is 48.0 Å². The topological polar surface area (TPSA) is 137 Å². The van der Waals surface area contributed by atoms with Gasteiger partial charge in [0, 0.05) is 44.0 Å². The average molecular weight is 489 g/mol. The lowest BCUT2D eigenvalue weighted by molar-refractivity contribution is -0.122. The van der Waals surface area contributed by atoms with Gasteiger partial charge in [-0.3, -0.25) is 19.0 Å². The number of anilines is 1. The van der Waals surface area contributed by atoms with E-state index in [2.05, 4.69) is 30.6 Å². The number of pyridine rings is 1. The van der Waals surface area contributed by atoms with E-state index in [0.29, 0.717) is 10.9 Å². The van der Waals surface area contributed by atoms with Gasteiger partial charge in [0.25, 0.3) is 5.91 Å². The largest absolute Gasteiger partial charge is 0.351 e. The van der Waals surface area contributed by atoms with Crippen LogP contribution in [-0.4, -0.2) is 50.1 Å². The van der Waals surface area contributed by atoms with Crippen molar-refractivity contribution < 1.29 is 9.59 Å². The predicted octanol–water partition coefficient (Wildman–Crippen LogP) is 3.04. The van der Waals surface area contributed by atoms with E-state index in [1.54, 1.807) is 28.8 Å². The van der Waals surface area contributed by atoms with E-state index in [9.17, 15) is 9.59 Å². The second-order valence-electron chi connectivity index (χ2n) is 7.43. The number of nitrogens with zero attached hydrogens (tertiary/aromatic N) is 5. The number of carbonyl (C=O) groups is 2. The van der Waals surface area contributed by atoms with Crippen molar-refractivity contribution in [2.75, 3.05) is 12.4 Å². The Balaban J connectivity index is 1.46. The summed E-state index contributed by atoms with van der Waals surface area (Å²) in [5, 5.41) is 13.4. The summed E-state index contributed by atoms with van der Waals surface area (Å²) in [6, 6.07) is 14.6. The second-order valence-corrected chi connectivity index (χ2v) is 7.81. The lowest BCUT2D eigenvalue weighted by atomic mass is 10.0. The number of hydrogen-bond acceptors (Lipinski definition) is 7. The number of imidazole rings is 1. The highest BCUT2D eigenvalue weighted by Gasteiger charge is 2.27. The normalized spacial score (nSPS) is 12.2. The van der Waals surface area contributed by atoms with Gasteiger partial charge >= 0.3 is 0 Å². The molecule has 35 heavy (non-hydrogen) atoms. The van der Waals surface area contributed by atoms with Gasteiger partial charge in [0.2, 0.25) is 11.7 Å². The molecule has 1 unspecified atom stereocenters. The quantitative estimate of drug-likeness (QED) is 0.258. The van der Waals surface area contributed by atoms with Crippen LogP contribution in [0.15, 0.2) is 72.1 Å². The summed E-state index contributed by atoms with van der Waals surface area (Å²) >= 11 is 5.77. The maximum atomic E-state index is 12.9. The van der Waals surface area contributed by atoms with Crippen LogP contribution in [0.5, 0.6) is 0 Å². The highest BCUT2D eigenvalue weighted by molar-refractivity contribution is 6.49. The van der Waals surface area contributed by atoms with Crippen LogP contribution in [0.3, 0.4) is 0 Å². The minimum Gasteiger partial charge on any atom is -0.351 e. The molecule has 0 radical (unpaired) electrons. The first kappa shape index (κ1) is 23.7. The van der Waals surface area contributed by atoms with Crippen molar-refractivity contribution in [1.29, 1.82) is 5.41 Å². The number of fused-ring (bicyclic) bond motifs is 1. The molecular weight excluding hydrogens is 468 g/mol. The highest BCUT2D eigenvalue weighted by atomic mass is 35.5. The summed E-state index contributed by atoms with van der Waals surface area (Å²) in [4.78, 5) is 42.4. The fourth-order valence-corrected chi connectivity index (χ4v) is 3.45. The molecule has 1 atom stereocenters. The smallest absolute Gasteiger partial charge is 0.271 e. The minimum atomic E-state index is -1.18. The monoisotopic (exact) mass is 488 g/mol. The second kappa shape index (κ2) is 10.7. The minimum absolute atomic E-state index is 0.123. The SMILES string of the molecule is CN=C(C(=O)Nc1ccn2cc(-c3ccccc3)nc2n1)C(C=N)C(=O)NCc1ccc(Cl)nc1. The summed E-state index contributed by atoms with van der Waals surface area (Å²) in [7, 11) is 1.39. The molecule has 0 aliphatic heterocycles. The molecule has 3 aromatic heterocycles. The van der Waals surface area contributed by atoms with Crippen molar-refractivity contribution in [2.45, 2.75) is 6.54 Å². The zero-order valence-electron chi connectivity index (χ0n) is 18.6. The van der Waals surface area contributed by atoms with Crippen LogP contribution in [0.1, 0.15) is 5.56 Å². The zero-order chi connectivity index (χ0) is 24.8. The predicted molar refractivity (Wildman–Crippen MR) is 134 cm³/mol. The molecule has 3 heterocycles. The van der Waals surface area contributed by atoms with E-state index in [1.807, 2.05) is 36.5 Å². The van der Waals surface area contributed by atoms with Gasteiger partial charge in [-0.15, -0.1) is 0 Å². The number of halogens is 1. The number of hydrogen-bond donors (Lipinski definition) is 3. The third-order valence-corrected chi connectivity index (χ3v) is 5.33. The van der Waals surface area contributed by atoms with Crippen molar-refractivity contribution in [3.63, 3.8) is 0 Å². The van der Waals surface area contributed by atoms with Crippen LogP contribution in [0, 0.1) is 11.3 Å². The summed E-state index contributed by atoms with van der Waals surface area (Å²) < 4.78 is 1.74. The lowest BCUT2D eigenvalue weighted by Gasteiger charge is -2.14. The van der Waals surface area contributed by atoms with Crippen LogP contribution < -0.4 is 10.6 Å². The molecule has 0 spiro atoms. The molecule has 10 nitrogen and oxygen atoms in total. The summed E-state index contributed by atoms with van der Waals surface area (Å²) in [6.45, 7) is 0.161. The van der Waals surface area contributed by atoms with E-state index in [0.717, 1.165) is 23.0 Å². The summed E-state index contributed by atoms with van der Waals surface area (Å²) in [5.74, 6) is -1.73. The van der Waals surface area contributed by atoms with Gasteiger partial charge in [0.05, 0.1) is 5.69 Å². The van der Waals surface area contributed by atoms with Crippen molar-refractivity contribution in [2.24, 2.45) is 10.9 Å². The van der Waals surface area contributed by atoms with E-state index in [1.165, 1.54) is 13.2 Å². The molecule has 0 bridgehead atoms. The molecule has 0 saturated heterocycles. The maximum absolute atomic E-state index is 12.9. The molecule has 0 aliphatic carbocycles. The molecular formula is C24H21ClN8O2. The fourth-order valence-electron chi connectivity index (χ4n) is 3.34. The van der Waals surface area contributed by atoms with E-state index in [-0.39, 0.29) is 18.1 Å². The van der Waals surface area contributed by atoms with Crippen LogP contribution in [0.2, 0.25) is 5.15 Å². The fraction of sp³-hybridized carbons (Fsp3) is 0.125. The van der Waals surface area contributed by atoms with Crippen molar-refractivity contribution in [1.82, 2.24) is 24.7 Å². The molecule has 176 valence electrons. The molecule has 11 heteroatoms. The van der Waals surface area contributed by atoms with Gasteiger partial charge in [-0.05, 0) is 17.7 Å². The van der Waals surface area contributed by atoms with E-state index < -0.39 is 17.7 Å². The Kier molecular flexibility index (Phi) is 7.22. The first-order valence-corrected chi connectivity index (χ1v) is 10.9. The highest BCUT2D eigenvalue weighted by Crippen LogP contribution is 2.19. The zero-order valence-corrected chi connectivity index (χ0v) is 19.4. The number of rotatable bonds is 8. The number of benzene rings is 1. The molecule has 0 fully saturated rings. The first-order valence-electron chi connectivity index (χ1n) is 10.6. The van der Waals surface area contributed by atoms with Crippen molar-refractivity contribution in [3.05, 3.63) is 77.8 Å². The van der Waals surface area contributed by atoms with Crippen LogP contribution in [0.4, 0.5) is 5.82 Å². The van der Waals surface area contributed by atoms with Gasteiger partial charge in [0.1, 0.15) is 22.6 Å². The average Bonchev–Trinajstić information content (AvgIpc) is 3.30. The maximum Gasteiger partial charge on any atom is 0.271 e. The number of amides is 2. The Hall–Kier alpha value is -4.44. The molecule has 0 saturated carbocycles. The van der Waals surface area contributed by atoms with Gasteiger partial charge < -0.3 is 16.0 Å². The molecule has 3 N–H and O–H groups in total. The third-order valence-electron chi connectivity index (χ3n) is 5.11. The summed E-state index contributed by atoms with van der Waals surface area (Å²) in [5.41, 5.74) is 2.28. The van der Waals surface area contributed by atoms with Crippen molar-refractivity contribution in [3.8, 4) is 11.3 Å². The van der Waals surface area contributed by atoms with Crippen LogP contribution in [-0.2, 0) is 16.1 Å². The molecule has 0 aliphatic rings. The van der Waals surface area contributed by atoms with E-state index >= 15 is 0 Å². The molecule has 4 aromatic rings. The standard InChI is InChI=1S/C24H21ClN8O2/c1-27-21(17(11-26)22(34)29-13-15-7-8-19(25)28-12-15)23(35)31-20-9-10-33-14-18(30-24(33)32-20)16-5-3-2-4-6-16/h2-12,14,17,26H,13H2,1H3,(H,29,34)(H,30,31,32,35). The van der Waals surface area contributed by atoms with Crippen LogP contribution >= 0.6 is 11.6 Å². The molecule has 2 amide bonds. The Bertz CT molecular complexity index is 1400. The molecule has 1 aromatic carbocycles. The van der Waals surface area contributed by atoms with Gasteiger partial charge in [-0.2, -0.15) is 4.98 Å². The van der Waals surface area contributed by atoms with Gasteiger partial charge in [-0.25, -0.2) is 9.97 Å². The Morgan fingerprint density at radius 3 is 2.66 bits per heavy atom. The first-order chi connectivity index (χ1) is 17.0. The van der Waals surface area contributed by atoms with Crippen molar-refractivity contribution >= 4 is 46.9 Å². The number of aromatic nitrogens is 4. The Morgan fingerprint density at radius 1 is 1.17 bits per heavy atom. The van der Waals surface area contributed by atoms with Gasteiger partial charge in [0.15, 0.2) is 0 Å². The van der Waals surface area contributed by atoms with E-state index in [4.69, 9.17) is 17.0 Å². The number of nitrogens with one attached hydrogen (secondary N) is 3. The Morgan fingerprint density at radius 2 is 1.97 bits per heavy atom.